The van der Waals surface area contributed by atoms with Crippen LogP contribution in [0.3, 0.4) is 0 Å². The Balaban J connectivity index is 2.12. The molecule has 23 heavy (non-hydrogen) atoms. The van der Waals surface area contributed by atoms with Crippen LogP contribution in [0.15, 0.2) is 35.2 Å². The molecular formula is C14H11Cl4NO3S. The van der Waals surface area contributed by atoms with Gasteiger partial charge in [-0.15, -0.1) is 0 Å². The minimum atomic E-state index is -3.95. The molecule has 0 saturated carbocycles. The van der Waals surface area contributed by atoms with Crippen LogP contribution >= 0.6 is 46.4 Å². The van der Waals surface area contributed by atoms with Gasteiger partial charge in [-0.2, -0.15) is 0 Å². The fourth-order valence-corrected chi connectivity index (χ4v) is 3.96. The molecule has 0 aliphatic heterocycles. The van der Waals surface area contributed by atoms with Crippen molar-refractivity contribution >= 4 is 56.4 Å². The summed E-state index contributed by atoms with van der Waals surface area (Å²) in [6, 6.07) is 7.43. The van der Waals surface area contributed by atoms with Crippen LogP contribution in [0.1, 0.15) is 5.56 Å². The van der Waals surface area contributed by atoms with Gasteiger partial charge in [0.05, 0.1) is 15.1 Å². The number of hydrogen-bond acceptors (Lipinski definition) is 3. The molecule has 0 aliphatic carbocycles. The summed E-state index contributed by atoms with van der Waals surface area (Å²) in [7, 11) is -3.95. The number of hydrogen-bond donors (Lipinski definition) is 2. The van der Waals surface area contributed by atoms with E-state index >= 15 is 0 Å². The smallest absolute Gasteiger partial charge is 0.244 e. The minimum Gasteiger partial charge on any atom is -0.505 e. The Morgan fingerprint density at radius 2 is 1.65 bits per heavy atom. The van der Waals surface area contributed by atoms with Crippen molar-refractivity contribution in [3.63, 3.8) is 0 Å². The number of halogens is 4. The second-order valence-corrected chi connectivity index (χ2v) is 8.02. The molecule has 0 heterocycles. The van der Waals surface area contributed by atoms with Gasteiger partial charge in [0.15, 0.2) is 5.75 Å². The van der Waals surface area contributed by atoms with Gasteiger partial charge in [0.25, 0.3) is 0 Å². The summed E-state index contributed by atoms with van der Waals surface area (Å²) in [4.78, 5) is -0.371. The molecule has 0 atom stereocenters. The zero-order valence-electron chi connectivity index (χ0n) is 11.5. The van der Waals surface area contributed by atoms with Gasteiger partial charge < -0.3 is 5.11 Å². The Kier molecular flexibility index (Phi) is 6.05. The van der Waals surface area contributed by atoms with Crippen LogP contribution < -0.4 is 4.72 Å². The van der Waals surface area contributed by atoms with Crippen LogP contribution in [0.25, 0.3) is 0 Å². The number of sulfonamides is 1. The lowest BCUT2D eigenvalue weighted by Gasteiger charge is -2.10. The van der Waals surface area contributed by atoms with Gasteiger partial charge >= 0.3 is 0 Å². The number of rotatable bonds is 5. The predicted octanol–water partition coefficient (Wildman–Crippen LogP) is 4.53. The molecule has 0 saturated heterocycles. The quantitative estimate of drug-likeness (QED) is 0.755. The molecule has 0 aliphatic rings. The topological polar surface area (TPSA) is 66.4 Å². The number of aromatic hydroxyl groups is 1. The Labute approximate surface area is 154 Å². The van der Waals surface area contributed by atoms with Crippen molar-refractivity contribution < 1.29 is 13.5 Å². The van der Waals surface area contributed by atoms with Crippen molar-refractivity contribution in [3.05, 3.63) is 56.0 Å². The molecule has 0 unspecified atom stereocenters. The Hall–Kier alpha value is -0.690. The van der Waals surface area contributed by atoms with Crippen LogP contribution in [-0.4, -0.2) is 20.1 Å². The maximum atomic E-state index is 12.2. The van der Waals surface area contributed by atoms with Crippen molar-refractivity contribution in [1.82, 2.24) is 4.72 Å². The first-order valence-electron chi connectivity index (χ1n) is 6.32. The van der Waals surface area contributed by atoms with Crippen molar-refractivity contribution in [2.24, 2.45) is 0 Å². The summed E-state index contributed by atoms with van der Waals surface area (Å²) in [6.07, 6.45) is 0.394. The van der Waals surface area contributed by atoms with Gasteiger partial charge in [-0.05, 0) is 36.2 Å². The molecule has 2 rings (SSSR count). The Morgan fingerprint density at radius 3 is 2.30 bits per heavy atom. The molecule has 0 bridgehead atoms. The molecule has 0 fully saturated rings. The third kappa shape index (κ3) is 4.66. The zero-order chi connectivity index (χ0) is 17.2. The lowest BCUT2D eigenvalue weighted by atomic mass is 10.1. The average molecular weight is 415 g/mol. The summed E-state index contributed by atoms with van der Waals surface area (Å²) in [5.41, 5.74) is 0.815. The lowest BCUT2D eigenvalue weighted by Crippen LogP contribution is -2.26. The third-order valence-electron chi connectivity index (χ3n) is 2.97. The first-order chi connectivity index (χ1) is 10.7. The molecule has 2 aromatic rings. The molecule has 4 nitrogen and oxygen atoms in total. The normalized spacial score (nSPS) is 11.7. The molecule has 0 amide bonds. The number of phenols is 1. The zero-order valence-corrected chi connectivity index (χ0v) is 15.3. The number of benzene rings is 2. The van der Waals surface area contributed by atoms with E-state index in [2.05, 4.69) is 4.72 Å². The van der Waals surface area contributed by atoms with E-state index in [1.807, 2.05) is 0 Å². The Morgan fingerprint density at radius 1 is 0.957 bits per heavy atom. The van der Waals surface area contributed by atoms with Gasteiger partial charge in [0, 0.05) is 11.6 Å². The van der Waals surface area contributed by atoms with Crippen molar-refractivity contribution in [1.29, 1.82) is 0 Å². The van der Waals surface area contributed by atoms with Gasteiger partial charge in [0.1, 0.15) is 4.90 Å². The minimum absolute atomic E-state index is 0.101. The van der Waals surface area contributed by atoms with E-state index in [4.69, 9.17) is 46.4 Å². The molecule has 0 spiro atoms. The van der Waals surface area contributed by atoms with E-state index < -0.39 is 15.8 Å². The number of phenolic OH excluding ortho intramolecular Hbond substituents is 1. The van der Waals surface area contributed by atoms with Crippen molar-refractivity contribution in [2.75, 3.05) is 6.54 Å². The second kappa shape index (κ2) is 7.47. The summed E-state index contributed by atoms with van der Waals surface area (Å²) in [5, 5.41) is 10.6. The van der Waals surface area contributed by atoms with Gasteiger partial charge in [0.2, 0.25) is 10.0 Å². The molecule has 124 valence electrons. The summed E-state index contributed by atoms with van der Waals surface area (Å²) in [5.74, 6) is -0.543. The maximum Gasteiger partial charge on any atom is 0.244 e. The first-order valence-corrected chi connectivity index (χ1v) is 9.32. The highest BCUT2D eigenvalue weighted by molar-refractivity contribution is 7.89. The molecular weight excluding hydrogens is 404 g/mol. The van der Waals surface area contributed by atoms with Crippen LogP contribution in [0.2, 0.25) is 20.1 Å². The third-order valence-corrected chi connectivity index (χ3v) is 5.69. The largest absolute Gasteiger partial charge is 0.505 e. The molecule has 2 aromatic carbocycles. The van der Waals surface area contributed by atoms with Crippen molar-refractivity contribution in [3.8, 4) is 5.75 Å². The highest BCUT2D eigenvalue weighted by atomic mass is 35.5. The van der Waals surface area contributed by atoms with Crippen LogP contribution in [0, 0.1) is 0 Å². The van der Waals surface area contributed by atoms with Crippen LogP contribution in [0.5, 0.6) is 5.75 Å². The fourth-order valence-electron chi connectivity index (χ4n) is 1.85. The van der Waals surface area contributed by atoms with Gasteiger partial charge in [-0.25, -0.2) is 13.1 Å². The van der Waals surface area contributed by atoms with E-state index in [0.29, 0.717) is 16.5 Å². The van der Waals surface area contributed by atoms with E-state index in [9.17, 15) is 13.5 Å². The monoisotopic (exact) mass is 413 g/mol. The van der Waals surface area contributed by atoms with Crippen molar-refractivity contribution in [2.45, 2.75) is 11.3 Å². The Bertz CT molecular complexity index is 840. The molecule has 0 aromatic heterocycles. The average Bonchev–Trinajstić information content (AvgIpc) is 2.46. The molecule has 9 heteroatoms. The van der Waals surface area contributed by atoms with E-state index in [1.165, 1.54) is 6.07 Å². The fraction of sp³-hybridized carbons (Fsp3) is 0.143. The highest BCUT2D eigenvalue weighted by Crippen LogP contribution is 2.34. The molecule has 0 radical (unpaired) electrons. The van der Waals surface area contributed by atoms with Gasteiger partial charge in [-0.1, -0.05) is 52.5 Å². The SMILES string of the molecule is O=S(=O)(NCCc1ccc(Cl)c(Cl)c1)c1cc(Cl)cc(Cl)c1O. The maximum absolute atomic E-state index is 12.2. The first kappa shape index (κ1) is 18.6. The van der Waals surface area contributed by atoms with E-state index in [-0.39, 0.29) is 21.5 Å². The van der Waals surface area contributed by atoms with Crippen LogP contribution in [0.4, 0.5) is 0 Å². The second-order valence-electron chi connectivity index (χ2n) is 4.63. The number of nitrogens with one attached hydrogen (secondary N) is 1. The standard InChI is InChI=1S/C14H11Cl4NO3S/c15-9-6-12(18)14(20)13(7-9)23(21,22)19-4-3-8-1-2-10(16)11(17)5-8/h1-2,5-7,19-20H,3-4H2. The van der Waals surface area contributed by atoms with E-state index in [0.717, 1.165) is 11.6 Å². The summed E-state index contributed by atoms with van der Waals surface area (Å²) < 4.78 is 26.8. The lowest BCUT2D eigenvalue weighted by molar-refractivity contribution is 0.458. The van der Waals surface area contributed by atoms with Gasteiger partial charge in [-0.3, -0.25) is 0 Å². The van der Waals surface area contributed by atoms with E-state index in [1.54, 1.807) is 18.2 Å². The predicted molar refractivity (Wildman–Crippen MR) is 93.5 cm³/mol. The molecule has 2 N–H and O–H groups in total. The summed E-state index contributed by atoms with van der Waals surface area (Å²) >= 11 is 23.2. The summed E-state index contributed by atoms with van der Waals surface area (Å²) in [6.45, 7) is 0.101. The van der Waals surface area contributed by atoms with Crippen LogP contribution in [-0.2, 0) is 16.4 Å². The highest BCUT2D eigenvalue weighted by Gasteiger charge is 2.21.